The summed E-state index contributed by atoms with van der Waals surface area (Å²) >= 11 is 0. The minimum Gasteiger partial charge on any atom is -0.296 e. The first-order chi connectivity index (χ1) is 11.5. The third-order valence-corrected chi connectivity index (χ3v) is 4.91. The second-order valence-electron chi connectivity index (χ2n) is 5.30. The minimum atomic E-state index is -3.67. The van der Waals surface area contributed by atoms with Gasteiger partial charge >= 0.3 is 0 Å². The highest BCUT2D eigenvalue weighted by Gasteiger charge is 2.18. The minimum absolute atomic E-state index is 0.217. The van der Waals surface area contributed by atoms with E-state index in [-0.39, 0.29) is 10.9 Å². The number of sulfonamides is 1. The molecule has 2 N–H and O–H groups in total. The second-order valence-corrected chi connectivity index (χ2v) is 6.99. The van der Waals surface area contributed by atoms with Crippen molar-refractivity contribution in [1.82, 2.24) is 5.32 Å². The van der Waals surface area contributed by atoms with Crippen molar-refractivity contribution >= 4 is 15.7 Å². The SMILES string of the molecule is C#CCN[C@@H](C=C)c1ccccc1NS(=O)(=O)c1ccc(C)cc1. The summed E-state index contributed by atoms with van der Waals surface area (Å²) in [4.78, 5) is 0.217. The molecule has 2 aromatic rings. The highest BCUT2D eigenvalue weighted by atomic mass is 32.2. The second kappa shape index (κ2) is 7.82. The van der Waals surface area contributed by atoms with E-state index in [9.17, 15) is 8.42 Å². The Morgan fingerprint density at radius 3 is 2.50 bits per heavy atom. The van der Waals surface area contributed by atoms with Gasteiger partial charge in [0.1, 0.15) is 0 Å². The maximum Gasteiger partial charge on any atom is 0.261 e. The zero-order valence-corrected chi connectivity index (χ0v) is 14.3. The molecule has 0 aromatic heterocycles. The summed E-state index contributed by atoms with van der Waals surface area (Å²) < 4.78 is 27.8. The molecule has 0 spiro atoms. The van der Waals surface area contributed by atoms with E-state index >= 15 is 0 Å². The molecule has 0 saturated heterocycles. The number of aryl methyl sites for hydroxylation is 1. The first-order valence-electron chi connectivity index (χ1n) is 7.46. The number of anilines is 1. The molecule has 0 bridgehead atoms. The van der Waals surface area contributed by atoms with Crippen LogP contribution in [0.5, 0.6) is 0 Å². The maximum atomic E-state index is 12.6. The van der Waals surface area contributed by atoms with Gasteiger partial charge in [0.25, 0.3) is 10.0 Å². The van der Waals surface area contributed by atoms with Crippen LogP contribution in [0.25, 0.3) is 0 Å². The van der Waals surface area contributed by atoms with Gasteiger partial charge < -0.3 is 0 Å². The number of terminal acetylenes is 1. The van der Waals surface area contributed by atoms with E-state index in [0.717, 1.165) is 11.1 Å². The Kier molecular flexibility index (Phi) is 5.80. The van der Waals surface area contributed by atoms with E-state index in [4.69, 9.17) is 6.42 Å². The number of hydrogen-bond acceptors (Lipinski definition) is 3. The predicted molar refractivity (Wildman–Crippen MR) is 98.2 cm³/mol. The van der Waals surface area contributed by atoms with E-state index in [0.29, 0.717) is 12.2 Å². The van der Waals surface area contributed by atoms with Gasteiger partial charge in [0, 0.05) is 0 Å². The van der Waals surface area contributed by atoms with E-state index in [1.54, 1.807) is 42.5 Å². The zero-order chi connectivity index (χ0) is 17.6. The Morgan fingerprint density at radius 2 is 1.88 bits per heavy atom. The topological polar surface area (TPSA) is 58.2 Å². The normalized spacial score (nSPS) is 12.2. The summed E-state index contributed by atoms with van der Waals surface area (Å²) in [6.45, 7) is 6.05. The first-order valence-corrected chi connectivity index (χ1v) is 8.94. The molecule has 0 fully saturated rings. The van der Waals surface area contributed by atoms with Crippen LogP contribution in [-0.2, 0) is 10.0 Å². The Labute approximate surface area is 143 Å². The van der Waals surface area contributed by atoms with Crippen LogP contribution in [0.2, 0.25) is 0 Å². The molecule has 1 atom stereocenters. The Morgan fingerprint density at radius 1 is 1.21 bits per heavy atom. The van der Waals surface area contributed by atoms with Crippen LogP contribution in [0.15, 0.2) is 66.1 Å². The Balaban J connectivity index is 2.34. The molecule has 0 aliphatic heterocycles. The molecule has 0 aliphatic rings. The molecule has 0 amide bonds. The average Bonchev–Trinajstić information content (AvgIpc) is 2.57. The monoisotopic (exact) mass is 340 g/mol. The Hall–Kier alpha value is -2.55. The van der Waals surface area contributed by atoms with Crippen molar-refractivity contribution in [2.24, 2.45) is 0 Å². The van der Waals surface area contributed by atoms with Crippen molar-refractivity contribution in [2.75, 3.05) is 11.3 Å². The van der Waals surface area contributed by atoms with Crippen molar-refractivity contribution in [3.63, 3.8) is 0 Å². The van der Waals surface area contributed by atoms with Gasteiger partial charge in [0.05, 0.1) is 23.2 Å². The van der Waals surface area contributed by atoms with E-state index < -0.39 is 10.0 Å². The molecule has 124 valence electrons. The molecule has 5 heteroatoms. The first kappa shape index (κ1) is 17.8. The van der Waals surface area contributed by atoms with Crippen molar-refractivity contribution < 1.29 is 8.42 Å². The van der Waals surface area contributed by atoms with Gasteiger partial charge in [-0.3, -0.25) is 10.0 Å². The van der Waals surface area contributed by atoms with Crippen molar-refractivity contribution in [3.8, 4) is 12.3 Å². The van der Waals surface area contributed by atoms with Crippen LogP contribution in [0.3, 0.4) is 0 Å². The van der Waals surface area contributed by atoms with E-state index in [1.165, 1.54) is 0 Å². The lowest BCUT2D eigenvalue weighted by Gasteiger charge is -2.18. The van der Waals surface area contributed by atoms with Gasteiger partial charge in [-0.2, -0.15) is 0 Å². The van der Waals surface area contributed by atoms with E-state index in [1.807, 2.05) is 19.1 Å². The highest BCUT2D eigenvalue weighted by molar-refractivity contribution is 7.92. The summed E-state index contributed by atoms with van der Waals surface area (Å²) in [5, 5.41) is 3.12. The fourth-order valence-corrected chi connectivity index (χ4v) is 3.36. The van der Waals surface area contributed by atoms with Gasteiger partial charge in [0.15, 0.2) is 0 Å². The highest BCUT2D eigenvalue weighted by Crippen LogP contribution is 2.26. The van der Waals surface area contributed by atoms with Crippen LogP contribution in [-0.4, -0.2) is 15.0 Å². The molecule has 0 aliphatic carbocycles. The van der Waals surface area contributed by atoms with Crippen molar-refractivity contribution in [2.45, 2.75) is 17.9 Å². The summed E-state index contributed by atoms with van der Waals surface area (Å²) in [6, 6.07) is 13.6. The number of hydrogen-bond donors (Lipinski definition) is 2. The molecule has 0 radical (unpaired) electrons. The Bertz CT molecular complexity index is 850. The lowest BCUT2D eigenvalue weighted by molar-refractivity contribution is 0.601. The summed E-state index contributed by atoms with van der Waals surface area (Å²) in [5.41, 5.74) is 2.26. The molecule has 24 heavy (non-hydrogen) atoms. The number of benzene rings is 2. The van der Waals surface area contributed by atoms with Crippen LogP contribution >= 0.6 is 0 Å². The zero-order valence-electron chi connectivity index (χ0n) is 13.5. The lowest BCUT2D eigenvalue weighted by Crippen LogP contribution is -2.22. The van der Waals surface area contributed by atoms with Gasteiger partial charge in [-0.25, -0.2) is 8.42 Å². The maximum absolute atomic E-state index is 12.6. The molecular weight excluding hydrogens is 320 g/mol. The fourth-order valence-electron chi connectivity index (χ4n) is 2.27. The summed E-state index contributed by atoms with van der Waals surface area (Å²) in [6.07, 6.45) is 6.97. The van der Waals surface area contributed by atoms with Gasteiger partial charge in [0.2, 0.25) is 0 Å². The standard InChI is InChI=1S/C19H20N2O2S/c1-4-14-20-18(5-2)17-8-6-7-9-19(17)21-24(22,23)16-12-10-15(3)11-13-16/h1,5-13,18,20-21H,2,14H2,3H3/t18-/m0/s1. The largest absolute Gasteiger partial charge is 0.296 e. The van der Waals surface area contributed by atoms with Crippen LogP contribution in [0.4, 0.5) is 5.69 Å². The molecule has 2 aromatic carbocycles. The molecule has 4 nitrogen and oxygen atoms in total. The van der Waals surface area contributed by atoms with Gasteiger partial charge in [-0.1, -0.05) is 47.9 Å². The van der Waals surface area contributed by atoms with Crippen molar-refractivity contribution in [1.29, 1.82) is 0 Å². The van der Waals surface area contributed by atoms with Crippen LogP contribution < -0.4 is 10.0 Å². The van der Waals surface area contributed by atoms with Crippen LogP contribution in [0.1, 0.15) is 17.2 Å². The molecule has 0 saturated carbocycles. The van der Waals surface area contributed by atoms with Gasteiger partial charge in [-0.15, -0.1) is 13.0 Å². The van der Waals surface area contributed by atoms with E-state index in [2.05, 4.69) is 22.5 Å². The summed E-state index contributed by atoms with van der Waals surface area (Å²) in [7, 11) is -3.67. The van der Waals surface area contributed by atoms with Gasteiger partial charge in [-0.05, 0) is 30.7 Å². The van der Waals surface area contributed by atoms with Crippen LogP contribution in [0, 0.1) is 19.3 Å². The lowest BCUT2D eigenvalue weighted by atomic mass is 10.1. The fraction of sp³-hybridized carbons (Fsp3) is 0.158. The third-order valence-electron chi connectivity index (χ3n) is 3.53. The predicted octanol–water partition coefficient (Wildman–Crippen LogP) is 3.25. The average molecular weight is 340 g/mol. The number of nitrogens with one attached hydrogen (secondary N) is 2. The third kappa shape index (κ3) is 4.25. The molecular formula is C19H20N2O2S. The smallest absolute Gasteiger partial charge is 0.261 e. The molecule has 2 rings (SSSR count). The molecule has 0 heterocycles. The van der Waals surface area contributed by atoms with Crippen molar-refractivity contribution in [3.05, 3.63) is 72.3 Å². The molecule has 0 unspecified atom stereocenters. The summed E-state index contributed by atoms with van der Waals surface area (Å²) in [5.74, 6) is 2.50. The number of rotatable bonds is 7. The quantitative estimate of drug-likeness (QED) is 0.601. The number of para-hydroxylation sites is 1.